The van der Waals surface area contributed by atoms with Crippen molar-refractivity contribution < 1.29 is 4.39 Å². The highest BCUT2D eigenvalue weighted by Gasteiger charge is 2.05. The first-order valence-corrected chi connectivity index (χ1v) is 6.13. The maximum absolute atomic E-state index is 13.5. The Balaban J connectivity index is 2.25. The molecule has 0 atom stereocenters. The topological polar surface area (TPSA) is 76.8 Å². The van der Waals surface area contributed by atoms with Crippen LogP contribution in [0.2, 0.25) is 5.02 Å². The van der Waals surface area contributed by atoms with Crippen LogP contribution in [0, 0.1) is 5.82 Å². The molecular formula is C14H12ClFN4. The van der Waals surface area contributed by atoms with Crippen LogP contribution in [0.25, 0.3) is 0 Å². The van der Waals surface area contributed by atoms with E-state index in [1.807, 2.05) is 0 Å². The normalized spacial score (nSPS) is 12.5. The molecular weight excluding hydrogens is 279 g/mol. The number of rotatable bonds is 2. The van der Waals surface area contributed by atoms with Gasteiger partial charge in [0.1, 0.15) is 11.7 Å². The van der Waals surface area contributed by atoms with E-state index in [1.54, 1.807) is 36.4 Å². The number of nitrogens with zero attached hydrogens (tertiary/aromatic N) is 2. The fraction of sp³-hybridized carbons (Fsp3) is 0. The van der Waals surface area contributed by atoms with Crippen molar-refractivity contribution in [3.63, 3.8) is 0 Å². The Morgan fingerprint density at radius 1 is 1.00 bits per heavy atom. The van der Waals surface area contributed by atoms with Crippen molar-refractivity contribution in [1.82, 2.24) is 0 Å². The minimum atomic E-state index is -0.465. The molecule has 2 aromatic carbocycles. The number of nitrogens with two attached hydrogens (primary N) is 2. The Hall–Kier alpha value is -2.40. The van der Waals surface area contributed by atoms with Gasteiger partial charge in [-0.25, -0.2) is 9.38 Å². The van der Waals surface area contributed by atoms with Gasteiger partial charge >= 0.3 is 0 Å². The fourth-order valence-electron chi connectivity index (χ4n) is 1.53. The predicted molar refractivity (Wildman–Crippen MR) is 79.9 cm³/mol. The summed E-state index contributed by atoms with van der Waals surface area (Å²) in [6, 6.07) is 12.8. The lowest BCUT2D eigenvalue weighted by molar-refractivity contribution is 0.625. The van der Waals surface area contributed by atoms with E-state index < -0.39 is 5.82 Å². The lowest BCUT2D eigenvalue weighted by atomic mass is 10.2. The highest BCUT2D eigenvalue weighted by molar-refractivity contribution is 6.30. The number of aliphatic imine (C=N–C) groups is 2. The van der Waals surface area contributed by atoms with Gasteiger partial charge in [0.05, 0.1) is 11.3 Å². The van der Waals surface area contributed by atoms with E-state index in [0.29, 0.717) is 10.7 Å². The molecule has 2 aromatic rings. The minimum absolute atomic E-state index is 0.0293. The molecule has 0 aliphatic heterocycles. The van der Waals surface area contributed by atoms with E-state index in [4.69, 9.17) is 23.1 Å². The zero-order valence-corrected chi connectivity index (χ0v) is 11.2. The van der Waals surface area contributed by atoms with Crippen molar-refractivity contribution in [3.8, 4) is 0 Å². The van der Waals surface area contributed by atoms with Crippen LogP contribution in [-0.4, -0.2) is 11.8 Å². The van der Waals surface area contributed by atoms with Crippen molar-refractivity contribution in [2.45, 2.75) is 0 Å². The second kappa shape index (κ2) is 6.16. The zero-order valence-electron chi connectivity index (χ0n) is 10.4. The molecule has 0 aromatic heterocycles. The summed E-state index contributed by atoms with van der Waals surface area (Å²) in [5.41, 5.74) is 12.1. The summed E-state index contributed by atoms with van der Waals surface area (Å²) < 4.78 is 13.5. The SMILES string of the molecule is NC(=Nc1ccc(Cl)cc1)N=C(N)c1ccccc1F. The van der Waals surface area contributed by atoms with Crippen LogP contribution in [-0.2, 0) is 0 Å². The summed E-state index contributed by atoms with van der Waals surface area (Å²) in [6.07, 6.45) is 0. The van der Waals surface area contributed by atoms with E-state index in [0.717, 1.165) is 0 Å². The third-order valence-corrected chi connectivity index (χ3v) is 2.71. The molecule has 0 aliphatic rings. The van der Waals surface area contributed by atoms with Gasteiger partial charge in [-0.3, -0.25) is 0 Å². The van der Waals surface area contributed by atoms with Crippen molar-refractivity contribution in [2.75, 3.05) is 0 Å². The van der Waals surface area contributed by atoms with Crippen LogP contribution in [0.15, 0.2) is 58.5 Å². The molecule has 6 heteroatoms. The standard InChI is InChI=1S/C14H12ClFN4/c15-9-5-7-10(8-6-9)19-14(18)20-13(17)11-3-1-2-4-12(11)16/h1-8H,(H4,17,18,19,20). The second-order valence-electron chi connectivity index (χ2n) is 3.92. The number of halogens is 2. The second-order valence-corrected chi connectivity index (χ2v) is 4.36. The Kier molecular flexibility index (Phi) is 4.32. The van der Waals surface area contributed by atoms with Crippen molar-refractivity contribution in [3.05, 3.63) is 64.9 Å². The lowest BCUT2D eigenvalue weighted by Crippen LogP contribution is -2.20. The highest BCUT2D eigenvalue weighted by Crippen LogP contribution is 2.16. The van der Waals surface area contributed by atoms with Gasteiger partial charge in [-0.1, -0.05) is 23.7 Å². The quantitative estimate of drug-likeness (QED) is 0.659. The fourth-order valence-corrected chi connectivity index (χ4v) is 1.65. The third kappa shape index (κ3) is 3.55. The molecule has 102 valence electrons. The van der Waals surface area contributed by atoms with Crippen LogP contribution < -0.4 is 11.5 Å². The van der Waals surface area contributed by atoms with Gasteiger partial charge < -0.3 is 11.5 Å². The molecule has 0 aliphatic carbocycles. The average Bonchev–Trinajstić information content (AvgIpc) is 2.41. The van der Waals surface area contributed by atoms with Crippen molar-refractivity contribution in [1.29, 1.82) is 0 Å². The highest BCUT2D eigenvalue weighted by atomic mass is 35.5. The van der Waals surface area contributed by atoms with Crippen molar-refractivity contribution >= 4 is 29.1 Å². The zero-order chi connectivity index (χ0) is 14.5. The van der Waals surface area contributed by atoms with E-state index in [2.05, 4.69) is 9.98 Å². The first-order chi connectivity index (χ1) is 9.56. The van der Waals surface area contributed by atoms with E-state index in [1.165, 1.54) is 12.1 Å². The van der Waals surface area contributed by atoms with Crippen LogP contribution in [0.4, 0.5) is 10.1 Å². The maximum atomic E-state index is 13.5. The summed E-state index contributed by atoms with van der Waals surface area (Å²) in [5.74, 6) is -0.556. The molecule has 0 saturated carbocycles. The number of hydrogen-bond donors (Lipinski definition) is 2. The first kappa shape index (κ1) is 14.0. The smallest absolute Gasteiger partial charge is 0.222 e. The average molecular weight is 291 g/mol. The number of hydrogen-bond acceptors (Lipinski definition) is 1. The molecule has 20 heavy (non-hydrogen) atoms. The summed E-state index contributed by atoms with van der Waals surface area (Å²) in [7, 11) is 0. The molecule has 2 rings (SSSR count). The summed E-state index contributed by atoms with van der Waals surface area (Å²) in [5, 5.41) is 0.594. The number of amidine groups is 1. The summed E-state index contributed by atoms with van der Waals surface area (Å²) in [4.78, 5) is 7.92. The van der Waals surface area contributed by atoms with Gasteiger partial charge in [-0.15, -0.1) is 0 Å². The van der Waals surface area contributed by atoms with E-state index in [9.17, 15) is 4.39 Å². The van der Waals surface area contributed by atoms with Crippen LogP contribution in [0.5, 0.6) is 0 Å². The van der Waals surface area contributed by atoms with E-state index >= 15 is 0 Å². The molecule has 0 heterocycles. The molecule has 4 N–H and O–H groups in total. The number of benzene rings is 2. The Bertz CT molecular complexity index is 665. The maximum Gasteiger partial charge on any atom is 0.222 e. The first-order valence-electron chi connectivity index (χ1n) is 5.75. The molecule has 0 bridgehead atoms. The van der Waals surface area contributed by atoms with Crippen LogP contribution in [0.1, 0.15) is 5.56 Å². The molecule has 4 nitrogen and oxygen atoms in total. The van der Waals surface area contributed by atoms with Crippen LogP contribution in [0.3, 0.4) is 0 Å². The third-order valence-electron chi connectivity index (χ3n) is 2.46. The molecule has 0 radical (unpaired) electrons. The Morgan fingerprint density at radius 3 is 2.30 bits per heavy atom. The molecule has 0 saturated heterocycles. The molecule has 0 spiro atoms. The lowest BCUT2D eigenvalue weighted by Gasteiger charge is -2.02. The van der Waals surface area contributed by atoms with Gasteiger partial charge in [-0.2, -0.15) is 4.99 Å². The van der Waals surface area contributed by atoms with Gasteiger partial charge in [0, 0.05) is 5.02 Å². The largest absolute Gasteiger partial charge is 0.383 e. The van der Waals surface area contributed by atoms with E-state index in [-0.39, 0.29) is 17.4 Å². The monoisotopic (exact) mass is 290 g/mol. The molecule has 0 unspecified atom stereocenters. The van der Waals surface area contributed by atoms with Crippen LogP contribution >= 0.6 is 11.6 Å². The minimum Gasteiger partial charge on any atom is -0.383 e. The Labute approximate surface area is 120 Å². The Morgan fingerprint density at radius 2 is 1.65 bits per heavy atom. The number of guanidine groups is 1. The molecule has 0 fully saturated rings. The van der Waals surface area contributed by atoms with Gasteiger partial charge in [0.2, 0.25) is 5.96 Å². The molecule has 0 amide bonds. The summed E-state index contributed by atoms with van der Waals surface area (Å²) >= 11 is 5.76. The van der Waals surface area contributed by atoms with Gasteiger partial charge in [0.25, 0.3) is 0 Å². The summed E-state index contributed by atoms with van der Waals surface area (Å²) in [6.45, 7) is 0. The predicted octanol–water partition coefficient (Wildman–Crippen LogP) is 2.83. The van der Waals surface area contributed by atoms with Gasteiger partial charge in [-0.05, 0) is 36.4 Å². The van der Waals surface area contributed by atoms with Crippen molar-refractivity contribution in [2.24, 2.45) is 21.5 Å². The van der Waals surface area contributed by atoms with Gasteiger partial charge in [0.15, 0.2) is 0 Å².